The van der Waals surface area contributed by atoms with Crippen LogP contribution in [0.5, 0.6) is 0 Å². The minimum Gasteiger partial charge on any atom is -0.328 e. The Hall–Kier alpha value is -2.47. The number of rotatable bonds is 2. The van der Waals surface area contributed by atoms with Crippen LogP contribution in [0.25, 0.3) is 16.7 Å². The van der Waals surface area contributed by atoms with Gasteiger partial charge >= 0.3 is 0 Å². The summed E-state index contributed by atoms with van der Waals surface area (Å²) in [4.78, 5) is 6.73. The fraction of sp³-hybridized carbons (Fsp3) is 0.0625. The van der Waals surface area contributed by atoms with Gasteiger partial charge in [-0.15, -0.1) is 10.2 Å². The lowest BCUT2D eigenvalue weighted by atomic mass is 10.2. The first-order chi connectivity index (χ1) is 10.8. The van der Waals surface area contributed by atoms with Crippen LogP contribution in [0.1, 0.15) is 0 Å². The predicted molar refractivity (Wildman–Crippen MR) is 90.5 cm³/mol. The van der Waals surface area contributed by atoms with Gasteiger partial charge in [0.05, 0.1) is 11.2 Å². The Bertz CT molecular complexity index is 979. The molecule has 0 bridgehead atoms. The molecule has 0 radical (unpaired) electrons. The van der Waals surface area contributed by atoms with Crippen molar-refractivity contribution in [2.75, 3.05) is 11.9 Å². The lowest BCUT2D eigenvalue weighted by Gasteiger charge is -2.21. The highest BCUT2D eigenvalue weighted by Gasteiger charge is 2.15. The number of nitrogens with zero attached hydrogens (tertiary/aromatic N) is 5. The summed E-state index contributed by atoms with van der Waals surface area (Å²) in [7, 11) is 2.00. The molecular formula is C16H12BrN5. The minimum atomic E-state index is 0.590. The zero-order chi connectivity index (χ0) is 15.1. The van der Waals surface area contributed by atoms with Crippen molar-refractivity contribution in [3.63, 3.8) is 0 Å². The number of benzene rings is 2. The zero-order valence-electron chi connectivity index (χ0n) is 11.8. The van der Waals surface area contributed by atoms with Gasteiger partial charge in [0, 0.05) is 16.9 Å². The molecular weight excluding hydrogens is 342 g/mol. The van der Waals surface area contributed by atoms with Crippen molar-refractivity contribution >= 4 is 44.1 Å². The predicted octanol–water partition coefficient (Wildman–Crippen LogP) is 3.81. The summed E-state index contributed by atoms with van der Waals surface area (Å²) in [6.45, 7) is 0. The van der Waals surface area contributed by atoms with E-state index < -0.39 is 0 Å². The van der Waals surface area contributed by atoms with Crippen molar-refractivity contribution in [2.45, 2.75) is 0 Å². The standard InChI is InChI=1S/C16H12BrN5/c1-21(14-9-5-3-7-12(14)17)15-11-6-2-4-8-13(11)22-10-18-20-16(22)19-15/h2-10H,1H3. The lowest BCUT2D eigenvalue weighted by Crippen LogP contribution is -2.13. The molecule has 4 aromatic rings. The number of hydrogen-bond donors (Lipinski definition) is 0. The number of hydrogen-bond acceptors (Lipinski definition) is 4. The molecule has 0 saturated carbocycles. The molecule has 0 N–H and O–H groups in total. The molecule has 6 heteroatoms. The van der Waals surface area contributed by atoms with E-state index in [1.807, 2.05) is 47.8 Å². The van der Waals surface area contributed by atoms with Crippen molar-refractivity contribution in [3.05, 3.63) is 59.3 Å². The lowest BCUT2D eigenvalue weighted by molar-refractivity contribution is 1.08. The first kappa shape index (κ1) is 13.2. The van der Waals surface area contributed by atoms with Crippen LogP contribution in [-0.2, 0) is 0 Å². The number of fused-ring (bicyclic) bond motifs is 3. The van der Waals surface area contributed by atoms with Gasteiger partial charge in [-0.25, -0.2) is 0 Å². The third kappa shape index (κ3) is 1.95. The molecule has 0 aliphatic heterocycles. The quantitative estimate of drug-likeness (QED) is 0.549. The van der Waals surface area contributed by atoms with E-state index in [9.17, 15) is 0 Å². The van der Waals surface area contributed by atoms with Crippen molar-refractivity contribution < 1.29 is 0 Å². The van der Waals surface area contributed by atoms with E-state index in [2.05, 4.69) is 48.1 Å². The Balaban J connectivity index is 2.02. The molecule has 22 heavy (non-hydrogen) atoms. The fourth-order valence-electron chi connectivity index (χ4n) is 2.60. The largest absolute Gasteiger partial charge is 0.328 e. The average molecular weight is 354 g/mol. The molecule has 108 valence electrons. The van der Waals surface area contributed by atoms with Gasteiger partial charge in [0.1, 0.15) is 12.1 Å². The van der Waals surface area contributed by atoms with E-state index in [1.165, 1.54) is 0 Å². The Morgan fingerprint density at radius 1 is 1.05 bits per heavy atom. The van der Waals surface area contributed by atoms with Gasteiger partial charge in [-0.2, -0.15) is 4.98 Å². The number of anilines is 2. The molecule has 2 heterocycles. The van der Waals surface area contributed by atoms with E-state index in [0.29, 0.717) is 5.78 Å². The van der Waals surface area contributed by atoms with E-state index in [1.54, 1.807) is 6.33 Å². The molecule has 0 fully saturated rings. The first-order valence-corrected chi connectivity index (χ1v) is 7.62. The van der Waals surface area contributed by atoms with E-state index in [-0.39, 0.29) is 0 Å². The monoisotopic (exact) mass is 353 g/mol. The van der Waals surface area contributed by atoms with E-state index in [4.69, 9.17) is 0 Å². The highest BCUT2D eigenvalue weighted by Crippen LogP contribution is 2.33. The van der Waals surface area contributed by atoms with Crippen molar-refractivity contribution in [1.82, 2.24) is 19.6 Å². The minimum absolute atomic E-state index is 0.590. The van der Waals surface area contributed by atoms with Crippen LogP contribution >= 0.6 is 15.9 Å². The Kier molecular flexibility index (Phi) is 3.04. The van der Waals surface area contributed by atoms with Gasteiger partial charge in [0.25, 0.3) is 5.78 Å². The zero-order valence-corrected chi connectivity index (χ0v) is 13.4. The van der Waals surface area contributed by atoms with Crippen molar-refractivity contribution in [2.24, 2.45) is 0 Å². The van der Waals surface area contributed by atoms with Crippen LogP contribution in [0, 0.1) is 0 Å². The summed E-state index contributed by atoms with van der Waals surface area (Å²) in [6.07, 6.45) is 1.69. The summed E-state index contributed by atoms with van der Waals surface area (Å²) in [5.74, 6) is 1.44. The number of halogens is 1. The highest BCUT2D eigenvalue weighted by molar-refractivity contribution is 9.10. The van der Waals surface area contributed by atoms with Gasteiger partial charge in [-0.3, -0.25) is 4.40 Å². The van der Waals surface area contributed by atoms with Crippen LogP contribution in [0.15, 0.2) is 59.3 Å². The number of aromatic nitrogens is 4. The SMILES string of the molecule is CN(c1ccccc1Br)c1nc2nncn2c2ccccc12. The third-order valence-corrected chi connectivity index (χ3v) is 4.34. The molecule has 0 unspecified atom stereocenters. The summed E-state index contributed by atoms with van der Waals surface area (Å²) in [5, 5.41) is 9.11. The molecule has 0 aliphatic rings. The maximum atomic E-state index is 4.68. The number of para-hydroxylation sites is 2. The van der Waals surface area contributed by atoms with Crippen LogP contribution in [-0.4, -0.2) is 26.6 Å². The van der Waals surface area contributed by atoms with Crippen LogP contribution in [0.3, 0.4) is 0 Å². The van der Waals surface area contributed by atoms with Gasteiger partial charge < -0.3 is 4.90 Å². The van der Waals surface area contributed by atoms with Crippen molar-refractivity contribution in [1.29, 1.82) is 0 Å². The maximum absolute atomic E-state index is 4.68. The van der Waals surface area contributed by atoms with Crippen LogP contribution in [0.2, 0.25) is 0 Å². The molecule has 0 aliphatic carbocycles. The molecule has 4 rings (SSSR count). The Morgan fingerprint density at radius 3 is 2.68 bits per heavy atom. The molecule has 0 amide bonds. The van der Waals surface area contributed by atoms with E-state index in [0.717, 1.165) is 26.9 Å². The summed E-state index contributed by atoms with van der Waals surface area (Å²) in [6, 6.07) is 16.2. The average Bonchev–Trinajstić information content (AvgIpc) is 3.03. The summed E-state index contributed by atoms with van der Waals surface area (Å²) < 4.78 is 2.91. The second-order valence-corrected chi connectivity index (χ2v) is 5.82. The van der Waals surface area contributed by atoms with E-state index >= 15 is 0 Å². The second kappa shape index (κ2) is 5.06. The molecule has 0 saturated heterocycles. The topological polar surface area (TPSA) is 46.3 Å². The van der Waals surface area contributed by atoms with Crippen LogP contribution < -0.4 is 4.90 Å². The molecule has 0 spiro atoms. The summed E-state index contributed by atoms with van der Waals surface area (Å²) in [5.41, 5.74) is 2.08. The molecule has 2 aromatic carbocycles. The Labute approximate surface area is 135 Å². The van der Waals surface area contributed by atoms with Gasteiger partial charge in [0.2, 0.25) is 0 Å². The van der Waals surface area contributed by atoms with Crippen molar-refractivity contribution in [3.8, 4) is 0 Å². The first-order valence-electron chi connectivity index (χ1n) is 6.82. The normalized spacial score (nSPS) is 11.2. The summed E-state index contributed by atoms with van der Waals surface area (Å²) >= 11 is 3.60. The molecule has 0 atom stereocenters. The molecule has 5 nitrogen and oxygen atoms in total. The van der Waals surface area contributed by atoms with Crippen LogP contribution in [0.4, 0.5) is 11.5 Å². The Morgan fingerprint density at radius 2 is 1.82 bits per heavy atom. The maximum Gasteiger partial charge on any atom is 0.257 e. The smallest absolute Gasteiger partial charge is 0.257 e. The highest BCUT2D eigenvalue weighted by atomic mass is 79.9. The van der Waals surface area contributed by atoms with Gasteiger partial charge in [-0.1, -0.05) is 24.3 Å². The third-order valence-electron chi connectivity index (χ3n) is 3.67. The molecule has 2 aromatic heterocycles. The van der Waals surface area contributed by atoms with Gasteiger partial charge in [-0.05, 0) is 40.2 Å². The fourth-order valence-corrected chi connectivity index (χ4v) is 3.15. The second-order valence-electron chi connectivity index (χ2n) is 4.96. The van der Waals surface area contributed by atoms with Gasteiger partial charge in [0.15, 0.2) is 0 Å².